The number of hydrogen-bond acceptors (Lipinski definition) is 4. The van der Waals surface area contributed by atoms with E-state index in [2.05, 4.69) is 10.2 Å². The molecule has 2 saturated heterocycles. The van der Waals surface area contributed by atoms with Crippen molar-refractivity contribution in [3.05, 3.63) is 33.9 Å². The zero-order valence-corrected chi connectivity index (χ0v) is 11.1. The largest absolute Gasteiger partial charge is 0.366 e. The fourth-order valence-corrected chi connectivity index (χ4v) is 3.31. The van der Waals surface area contributed by atoms with Gasteiger partial charge in [0.15, 0.2) is 0 Å². The Morgan fingerprint density at radius 1 is 1.42 bits per heavy atom. The Morgan fingerprint density at radius 3 is 3.05 bits per heavy atom. The number of piperidine rings is 1. The van der Waals surface area contributed by atoms with Gasteiger partial charge in [-0.25, -0.2) is 0 Å². The Hall–Kier alpha value is -1.62. The zero-order chi connectivity index (χ0) is 13.4. The van der Waals surface area contributed by atoms with Crippen LogP contribution in [0.4, 0.5) is 11.4 Å². The first-order valence-corrected chi connectivity index (χ1v) is 6.88. The molecule has 2 aliphatic heterocycles. The second kappa shape index (κ2) is 4.81. The number of anilines is 1. The molecule has 3 rings (SSSR count). The number of nitrogens with one attached hydrogen (secondary N) is 1. The third-order valence-corrected chi connectivity index (χ3v) is 4.32. The van der Waals surface area contributed by atoms with Crippen molar-refractivity contribution in [2.75, 3.05) is 24.5 Å². The molecule has 1 aromatic carbocycles. The first kappa shape index (κ1) is 12.4. The first-order valence-electron chi connectivity index (χ1n) is 6.88. The van der Waals surface area contributed by atoms with Crippen LogP contribution in [-0.4, -0.2) is 30.6 Å². The zero-order valence-electron chi connectivity index (χ0n) is 11.1. The number of nitro groups is 1. The molecule has 2 unspecified atom stereocenters. The SMILES string of the molecule is Cc1ccc([N+](=O)[O-])c(N2CCC3NCCC3C2)c1. The van der Waals surface area contributed by atoms with Crippen LogP contribution in [0, 0.1) is 23.0 Å². The summed E-state index contributed by atoms with van der Waals surface area (Å²) in [6, 6.07) is 6.00. The van der Waals surface area contributed by atoms with E-state index in [1.165, 1.54) is 6.42 Å². The van der Waals surface area contributed by atoms with E-state index in [1.54, 1.807) is 6.07 Å². The lowest BCUT2D eigenvalue weighted by molar-refractivity contribution is -0.384. The molecule has 0 amide bonds. The summed E-state index contributed by atoms with van der Waals surface area (Å²) in [6.45, 7) is 4.90. The molecule has 0 radical (unpaired) electrons. The molecular formula is C14H19N3O2. The molecule has 1 N–H and O–H groups in total. The molecule has 2 heterocycles. The van der Waals surface area contributed by atoms with Crippen LogP contribution in [0.1, 0.15) is 18.4 Å². The summed E-state index contributed by atoms with van der Waals surface area (Å²) in [4.78, 5) is 13.1. The average molecular weight is 261 g/mol. The smallest absolute Gasteiger partial charge is 0.292 e. The van der Waals surface area contributed by atoms with Gasteiger partial charge in [-0.2, -0.15) is 0 Å². The van der Waals surface area contributed by atoms with Gasteiger partial charge < -0.3 is 10.2 Å². The third kappa shape index (κ3) is 2.30. The molecule has 0 spiro atoms. The fourth-order valence-electron chi connectivity index (χ4n) is 3.31. The molecule has 0 aliphatic carbocycles. The van der Waals surface area contributed by atoms with E-state index in [0.717, 1.165) is 37.3 Å². The monoisotopic (exact) mass is 261 g/mol. The molecule has 102 valence electrons. The van der Waals surface area contributed by atoms with E-state index in [1.807, 2.05) is 19.1 Å². The Morgan fingerprint density at radius 2 is 2.26 bits per heavy atom. The van der Waals surface area contributed by atoms with E-state index >= 15 is 0 Å². The maximum atomic E-state index is 11.2. The Balaban J connectivity index is 1.89. The number of nitrogens with zero attached hydrogens (tertiary/aromatic N) is 2. The normalized spacial score (nSPS) is 26.3. The predicted molar refractivity (Wildman–Crippen MR) is 74.6 cm³/mol. The van der Waals surface area contributed by atoms with Crippen LogP contribution in [0.5, 0.6) is 0 Å². The predicted octanol–water partition coefficient (Wildman–Crippen LogP) is 2.09. The summed E-state index contributed by atoms with van der Waals surface area (Å²) in [7, 11) is 0. The van der Waals surface area contributed by atoms with E-state index in [9.17, 15) is 10.1 Å². The molecule has 0 bridgehead atoms. The van der Waals surface area contributed by atoms with Crippen molar-refractivity contribution in [1.29, 1.82) is 0 Å². The highest BCUT2D eigenvalue weighted by atomic mass is 16.6. The lowest BCUT2D eigenvalue weighted by Gasteiger charge is -2.36. The average Bonchev–Trinajstić information content (AvgIpc) is 2.85. The van der Waals surface area contributed by atoms with Gasteiger partial charge in [0.25, 0.3) is 5.69 Å². The van der Waals surface area contributed by atoms with Gasteiger partial charge in [-0.1, -0.05) is 6.07 Å². The summed E-state index contributed by atoms with van der Waals surface area (Å²) in [5.41, 5.74) is 2.10. The molecule has 2 atom stereocenters. The fraction of sp³-hybridized carbons (Fsp3) is 0.571. The Kier molecular flexibility index (Phi) is 3.14. The molecule has 0 aromatic heterocycles. The van der Waals surface area contributed by atoms with Gasteiger partial charge in [-0.15, -0.1) is 0 Å². The highest BCUT2D eigenvalue weighted by Crippen LogP contribution is 2.34. The van der Waals surface area contributed by atoms with Gasteiger partial charge in [0.2, 0.25) is 0 Å². The molecule has 2 aliphatic rings. The van der Waals surface area contributed by atoms with Crippen LogP contribution in [0.3, 0.4) is 0 Å². The summed E-state index contributed by atoms with van der Waals surface area (Å²) in [6.07, 6.45) is 2.26. The molecule has 2 fully saturated rings. The van der Waals surface area contributed by atoms with E-state index in [-0.39, 0.29) is 10.6 Å². The second-order valence-electron chi connectivity index (χ2n) is 5.59. The summed E-state index contributed by atoms with van der Waals surface area (Å²) >= 11 is 0. The van der Waals surface area contributed by atoms with Crippen LogP contribution in [-0.2, 0) is 0 Å². The molecule has 19 heavy (non-hydrogen) atoms. The standard InChI is InChI=1S/C14H19N3O2/c1-10-2-3-13(17(18)19)14(8-10)16-7-5-12-11(9-16)4-6-15-12/h2-3,8,11-12,15H,4-7,9H2,1H3. The van der Waals surface area contributed by atoms with Crippen molar-refractivity contribution in [3.8, 4) is 0 Å². The van der Waals surface area contributed by atoms with E-state index < -0.39 is 0 Å². The van der Waals surface area contributed by atoms with Gasteiger partial charge in [0.1, 0.15) is 5.69 Å². The first-order chi connectivity index (χ1) is 9.15. The Bertz CT molecular complexity index is 503. The summed E-state index contributed by atoms with van der Waals surface area (Å²) in [5.74, 6) is 0.633. The number of aryl methyl sites for hydroxylation is 1. The number of benzene rings is 1. The van der Waals surface area contributed by atoms with E-state index in [4.69, 9.17) is 0 Å². The molecule has 0 saturated carbocycles. The van der Waals surface area contributed by atoms with Crippen LogP contribution in [0.2, 0.25) is 0 Å². The van der Waals surface area contributed by atoms with E-state index in [0.29, 0.717) is 12.0 Å². The minimum atomic E-state index is -0.270. The lowest BCUT2D eigenvalue weighted by Crippen LogP contribution is -2.44. The quantitative estimate of drug-likeness (QED) is 0.654. The Labute approximate surface area is 112 Å². The number of hydrogen-bond donors (Lipinski definition) is 1. The van der Waals surface area contributed by atoms with Gasteiger partial charge >= 0.3 is 0 Å². The summed E-state index contributed by atoms with van der Waals surface area (Å²) in [5, 5.41) is 14.7. The van der Waals surface area contributed by atoms with Crippen LogP contribution < -0.4 is 10.2 Å². The minimum absolute atomic E-state index is 0.231. The lowest BCUT2D eigenvalue weighted by atomic mass is 9.93. The number of fused-ring (bicyclic) bond motifs is 1. The third-order valence-electron chi connectivity index (χ3n) is 4.32. The number of nitro benzene ring substituents is 1. The van der Waals surface area contributed by atoms with Crippen LogP contribution in [0.25, 0.3) is 0 Å². The second-order valence-corrected chi connectivity index (χ2v) is 5.59. The highest BCUT2D eigenvalue weighted by molar-refractivity contribution is 5.64. The molecule has 5 heteroatoms. The van der Waals surface area contributed by atoms with Gasteiger partial charge in [-0.3, -0.25) is 10.1 Å². The van der Waals surface area contributed by atoms with Crippen molar-refractivity contribution in [2.45, 2.75) is 25.8 Å². The van der Waals surface area contributed by atoms with Crippen molar-refractivity contribution >= 4 is 11.4 Å². The highest BCUT2D eigenvalue weighted by Gasteiger charge is 2.34. The van der Waals surface area contributed by atoms with Gasteiger partial charge in [0.05, 0.1) is 4.92 Å². The van der Waals surface area contributed by atoms with Crippen LogP contribution >= 0.6 is 0 Å². The maximum absolute atomic E-state index is 11.2. The van der Waals surface area contributed by atoms with Crippen molar-refractivity contribution in [3.63, 3.8) is 0 Å². The molecule has 1 aromatic rings. The van der Waals surface area contributed by atoms with Crippen molar-refractivity contribution < 1.29 is 4.92 Å². The van der Waals surface area contributed by atoms with Gasteiger partial charge in [0, 0.05) is 25.2 Å². The maximum Gasteiger partial charge on any atom is 0.292 e. The topological polar surface area (TPSA) is 58.4 Å². The van der Waals surface area contributed by atoms with Crippen molar-refractivity contribution in [2.24, 2.45) is 5.92 Å². The summed E-state index contributed by atoms with van der Waals surface area (Å²) < 4.78 is 0. The van der Waals surface area contributed by atoms with Crippen molar-refractivity contribution in [1.82, 2.24) is 5.32 Å². The minimum Gasteiger partial charge on any atom is -0.366 e. The molecule has 5 nitrogen and oxygen atoms in total. The number of rotatable bonds is 2. The van der Waals surface area contributed by atoms with Crippen LogP contribution in [0.15, 0.2) is 18.2 Å². The molecular weight excluding hydrogens is 242 g/mol. The van der Waals surface area contributed by atoms with Gasteiger partial charge in [-0.05, 0) is 43.9 Å².